The van der Waals surface area contributed by atoms with Crippen molar-refractivity contribution in [3.05, 3.63) is 23.1 Å². The highest BCUT2D eigenvalue weighted by Gasteiger charge is 2.27. The van der Waals surface area contributed by atoms with Gasteiger partial charge in [0.05, 0.1) is 11.8 Å². The van der Waals surface area contributed by atoms with Crippen LogP contribution in [0.3, 0.4) is 0 Å². The van der Waals surface area contributed by atoms with Crippen LogP contribution in [0.5, 0.6) is 0 Å². The third kappa shape index (κ3) is 2.87. The van der Waals surface area contributed by atoms with Gasteiger partial charge in [-0.25, -0.2) is 0 Å². The number of carbonyl (C=O) groups excluding carboxylic acids is 1. The molecule has 5 heteroatoms. The number of rotatable bonds is 4. The maximum Gasteiger partial charge on any atom is 0.259 e. The summed E-state index contributed by atoms with van der Waals surface area (Å²) in [5.74, 6) is -0.0238. The minimum atomic E-state index is -0.0238. The van der Waals surface area contributed by atoms with E-state index >= 15 is 0 Å². The Kier molecular flexibility index (Phi) is 4.66. The Morgan fingerprint density at radius 2 is 2.50 bits per heavy atom. The lowest BCUT2D eigenvalue weighted by Gasteiger charge is -2.34. The van der Waals surface area contributed by atoms with Gasteiger partial charge in [-0.2, -0.15) is 0 Å². The van der Waals surface area contributed by atoms with E-state index in [1.807, 2.05) is 4.90 Å². The third-order valence-electron chi connectivity index (χ3n) is 3.29. The first kappa shape index (κ1) is 13.4. The van der Waals surface area contributed by atoms with E-state index in [1.165, 1.54) is 6.26 Å². The van der Waals surface area contributed by atoms with Gasteiger partial charge in [0.1, 0.15) is 0 Å². The summed E-state index contributed by atoms with van der Waals surface area (Å²) in [4.78, 5) is 14.4. The van der Waals surface area contributed by atoms with E-state index < -0.39 is 0 Å². The SMILES string of the molecule is CCCN(C(=O)c1ccoc1Cl)C1CCCNC1. The number of hydrogen-bond donors (Lipinski definition) is 1. The predicted octanol–water partition coefficient (Wildman–Crippen LogP) is 2.54. The lowest BCUT2D eigenvalue weighted by atomic mass is 10.0. The molecule has 0 spiro atoms. The van der Waals surface area contributed by atoms with Crippen molar-refractivity contribution in [3.63, 3.8) is 0 Å². The van der Waals surface area contributed by atoms with Crippen LogP contribution in [0, 0.1) is 0 Å². The van der Waals surface area contributed by atoms with Gasteiger partial charge < -0.3 is 14.6 Å². The van der Waals surface area contributed by atoms with Gasteiger partial charge in [0.15, 0.2) is 0 Å². The number of carbonyl (C=O) groups is 1. The minimum Gasteiger partial charge on any atom is -0.452 e. The first-order valence-corrected chi connectivity index (χ1v) is 6.86. The molecule has 18 heavy (non-hydrogen) atoms. The molecule has 1 aromatic rings. The van der Waals surface area contributed by atoms with Crippen molar-refractivity contribution < 1.29 is 9.21 Å². The van der Waals surface area contributed by atoms with Crippen LogP contribution in [0.25, 0.3) is 0 Å². The summed E-state index contributed by atoms with van der Waals surface area (Å²) in [7, 11) is 0. The number of piperidine rings is 1. The normalized spacial score (nSPS) is 19.8. The van der Waals surface area contributed by atoms with Crippen LogP contribution in [0.1, 0.15) is 36.5 Å². The standard InChI is InChI=1S/C13H19ClN2O2/c1-2-7-16(10-4-3-6-15-9-10)13(17)11-5-8-18-12(11)14/h5,8,10,15H,2-4,6-7,9H2,1H3. The monoisotopic (exact) mass is 270 g/mol. The number of halogens is 1. The third-order valence-corrected chi connectivity index (χ3v) is 3.58. The second-order valence-corrected chi connectivity index (χ2v) is 4.95. The highest BCUT2D eigenvalue weighted by Crippen LogP contribution is 2.21. The van der Waals surface area contributed by atoms with Crippen molar-refractivity contribution in [1.29, 1.82) is 0 Å². The smallest absolute Gasteiger partial charge is 0.259 e. The summed E-state index contributed by atoms with van der Waals surface area (Å²) in [5, 5.41) is 3.52. The molecule has 1 fully saturated rings. The van der Waals surface area contributed by atoms with Gasteiger partial charge in [0.2, 0.25) is 5.22 Å². The molecular formula is C13H19ClN2O2. The Labute approximate surface area is 112 Å². The average molecular weight is 271 g/mol. The summed E-state index contributed by atoms with van der Waals surface area (Å²) in [6.45, 7) is 4.73. The van der Waals surface area contributed by atoms with Gasteiger partial charge in [0.25, 0.3) is 5.91 Å². The van der Waals surface area contributed by atoms with Crippen molar-refractivity contribution >= 4 is 17.5 Å². The number of nitrogens with one attached hydrogen (secondary N) is 1. The molecule has 0 saturated carbocycles. The Morgan fingerprint density at radius 3 is 3.06 bits per heavy atom. The van der Waals surface area contributed by atoms with Gasteiger partial charge in [-0.1, -0.05) is 6.92 Å². The molecule has 2 heterocycles. The van der Waals surface area contributed by atoms with E-state index in [-0.39, 0.29) is 17.2 Å². The van der Waals surface area contributed by atoms with Crippen LogP contribution < -0.4 is 5.32 Å². The van der Waals surface area contributed by atoms with Crippen molar-refractivity contribution in [2.24, 2.45) is 0 Å². The molecule has 1 N–H and O–H groups in total. The van der Waals surface area contributed by atoms with E-state index in [2.05, 4.69) is 12.2 Å². The van der Waals surface area contributed by atoms with E-state index in [9.17, 15) is 4.79 Å². The molecule has 1 saturated heterocycles. The Bertz CT molecular complexity index is 399. The number of nitrogens with zero attached hydrogens (tertiary/aromatic N) is 1. The second kappa shape index (κ2) is 6.25. The van der Waals surface area contributed by atoms with Crippen molar-refractivity contribution in [1.82, 2.24) is 10.2 Å². The number of amides is 1. The molecule has 0 aliphatic carbocycles. The molecule has 1 aromatic heterocycles. The number of hydrogen-bond acceptors (Lipinski definition) is 3. The molecule has 1 unspecified atom stereocenters. The summed E-state index contributed by atoms with van der Waals surface area (Å²) in [6.07, 6.45) is 4.56. The largest absolute Gasteiger partial charge is 0.452 e. The lowest BCUT2D eigenvalue weighted by Crippen LogP contribution is -2.49. The van der Waals surface area contributed by atoms with Crippen LogP contribution in [-0.2, 0) is 0 Å². The second-order valence-electron chi connectivity index (χ2n) is 4.61. The first-order chi connectivity index (χ1) is 8.74. The van der Waals surface area contributed by atoms with Gasteiger partial charge in [0, 0.05) is 19.1 Å². The first-order valence-electron chi connectivity index (χ1n) is 6.48. The fourth-order valence-corrected chi connectivity index (χ4v) is 2.59. The zero-order valence-corrected chi connectivity index (χ0v) is 11.4. The molecule has 2 rings (SSSR count). The van der Waals surface area contributed by atoms with Crippen molar-refractivity contribution in [3.8, 4) is 0 Å². The molecule has 1 aliphatic heterocycles. The zero-order valence-electron chi connectivity index (χ0n) is 10.6. The molecule has 0 bridgehead atoms. The highest BCUT2D eigenvalue weighted by molar-refractivity contribution is 6.32. The fraction of sp³-hybridized carbons (Fsp3) is 0.615. The molecule has 1 amide bonds. The van der Waals surface area contributed by atoms with Crippen LogP contribution in [-0.4, -0.2) is 36.5 Å². The summed E-state index contributed by atoms with van der Waals surface area (Å²) >= 11 is 5.89. The fourth-order valence-electron chi connectivity index (χ4n) is 2.39. The molecule has 1 aliphatic rings. The van der Waals surface area contributed by atoms with Crippen LogP contribution >= 0.6 is 11.6 Å². The maximum absolute atomic E-state index is 12.5. The minimum absolute atomic E-state index is 0.0238. The van der Waals surface area contributed by atoms with Gasteiger partial charge >= 0.3 is 0 Å². The van der Waals surface area contributed by atoms with E-state index in [4.69, 9.17) is 16.0 Å². The summed E-state index contributed by atoms with van der Waals surface area (Å²) in [6, 6.07) is 1.90. The molecule has 1 atom stereocenters. The maximum atomic E-state index is 12.5. The van der Waals surface area contributed by atoms with Gasteiger partial charge in [-0.15, -0.1) is 0 Å². The molecule has 4 nitrogen and oxygen atoms in total. The van der Waals surface area contributed by atoms with Crippen LogP contribution in [0.2, 0.25) is 5.22 Å². The average Bonchev–Trinajstić information content (AvgIpc) is 2.82. The topological polar surface area (TPSA) is 45.5 Å². The Morgan fingerprint density at radius 1 is 1.67 bits per heavy atom. The molecule has 0 radical (unpaired) electrons. The van der Waals surface area contributed by atoms with Crippen molar-refractivity contribution in [2.75, 3.05) is 19.6 Å². The number of furan rings is 1. The quantitative estimate of drug-likeness (QED) is 0.915. The van der Waals surface area contributed by atoms with E-state index in [0.29, 0.717) is 5.56 Å². The van der Waals surface area contributed by atoms with E-state index in [0.717, 1.165) is 38.9 Å². The van der Waals surface area contributed by atoms with E-state index in [1.54, 1.807) is 6.07 Å². The summed E-state index contributed by atoms with van der Waals surface area (Å²) < 4.78 is 5.00. The van der Waals surface area contributed by atoms with Crippen LogP contribution in [0.4, 0.5) is 0 Å². The van der Waals surface area contributed by atoms with Gasteiger partial charge in [-0.05, 0) is 43.5 Å². The zero-order chi connectivity index (χ0) is 13.0. The summed E-state index contributed by atoms with van der Waals surface area (Å²) in [5.41, 5.74) is 0.468. The lowest BCUT2D eigenvalue weighted by molar-refractivity contribution is 0.0648. The Hall–Kier alpha value is -1.00. The highest BCUT2D eigenvalue weighted by atomic mass is 35.5. The molecule has 100 valence electrons. The van der Waals surface area contributed by atoms with Crippen molar-refractivity contribution in [2.45, 2.75) is 32.2 Å². The molecule has 0 aromatic carbocycles. The predicted molar refractivity (Wildman–Crippen MR) is 70.9 cm³/mol. The van der Waals surface area contributed by atoms with Gasteiger partial charge in [-0.3, -0.25) is 4.79 Å². The van der Waals surface area contributed by atoms with Crippen LogP contribution in [0.15, 0.2) is 16.7 Å². The molecular weight excluding hydrogens is 252 g/mol. The Balaban J connectivity index is 2.13.